The lowest BCUT2D eigenvalue weighted by molar-refractivity contribution is 0.0952. The predicted molar refractivity (Wildman–Crippen MR) is 119 cm³/mol. The van der Waals surface area contributed by atoms with Gasteiger partial charge in [0.25, 0.3) is 5.91 Å². The van der Waals surface area contributed by atoms with Gasteiger partial charge in [-0.05, 0) is 61.2 Å². The summed E-state index contributed by atoms with van der Waals surface area (Å²) in [6.07, 6.45) is 1.62. The fourth-order valence-electron chi connectivity index (χ4n) is 3.11. The molecule has 0 fully saturated rings. The van der Waals surface area contributed by atoms with E-state index in [4.69, 9.17) is 4.42 Å². The van der Waals surface area contributed by atoms with Crippen LogP contribution in [0, 0.1) is 13.8 Å². The van der Waals surface area contributed by atoms with Gasteiger partial charge >= 0.3 is 0 Å². The van der Waals surface area contributed by atoms with Gasteiger partial charge in [-0.15, -0.1) is 11.3 Å². The third-order valence-electron chi connectivity index (χ3n) is 4.76. The zero-order valence-electron chi connectivity index (χ0n) is 17.0. The molecule has 0 saturated carbocycles. The largest absolute Gasteiger partial charge is 0.439 e. The minimum atomic E-state index is -3.87. The maximum atomic E-state index is 13.3. The lowest BCUT2D eigenvalue weighted by Crippen LogP contribution is -2.31. The van der Waals surface area contributed by atoms with Gasteiger partial charge in [0.2, 0.25) is 14.9 Å². The molecule has 0 bridgehead atoms. The molecule has 8 heteroatoms. The highest BCUT2D eigenvalue weighted by Crippen LogP contribution is 2.27. The Labute approximate surface area is 184 Å². The van der Waals surface area contributed by atoms with E-state index in [9.17, 15) is 13.2 Å². The number of aryl methyl sites for hydroxylation is 2. The molecule has 4 aromatic rings. The van der Waals surface area contributed by atoms with Crippen molar-refractivity contribution in [2.75, 3.05) is 4.90 Å². The van der Waals surface area contributed by atoms with E-state index in [2.05, 4.69) is 4.98 Å². The van der Waals surface area contributed by atoms with Crippen LogP contribution in [0.3, 0.4) is 0 Å². The number of carbonyl (C=O) groups excluding carboxylic acids is 1. The monoisotopic (exact) mass is 452 g/mol. The van der Waals surface area contributed by atoms with Crippen LogP contribution >= 0.6 is 11.3 Å². The van der Waals surface area contributed by atoms with Gasteiger partial charge in [0, 0.05) is 11.1 Å². The summed E-state index contributed by atoms with van der Waals surface area (Å²) >= 11 is 1.52. The predicted octanol–water partition coefficient (Wildman–Crippen LogP) is 5.03. The number of sulfone groups is 1. The number of rotatable bonds is 6. The Bertz CT molecular complexity index is 1310. The topological polar surface area (TPSA) is 80.5 Å². The van der Waals surface area contributed by atoms with E-state index in [1.807, 2.05) is 37.4 Å². The van der Waals surface area contributed by atoms with E-state index >= 15 is 0 Å². The molecule has 3 aromatic heterocycles. The third-order valence-corrected chi connectivity index (χ3v) is 7.27. The highest BCUT2D eigenvalue weighted by Gasteiger charge is 2.27. The Kier molecular flexibility index (Phi) is 5.75. The molecule has 0 unspecified atom stereocenters. The van der Waals surface area contributed by atoms with Crippen molar-refractivity contribution >= 4 is 32.9 Å². The van der Waals surface area contributed by atoms with Crippen LogP contribution in [0.1, 0.15) is 26.6 Å². The average molecular weight is 453 g/mol. The van der Waals surface area contributed by atoms with Gasteiger partial charge in [-0.3, -0.25) is 9.69 Å². The number of anilines is 1. The second-order valence-corrected chi connectivity index (χ2v) is 9.96. The molecule has 158 valence electrons. The van der Waals surface area contributed by atoms with Crippen molar-refractivity contribution < 1.29 is 17.6 Å². The van der Waals surface area contributed by atoms with Crippen LogP contribution in [0.5, 0.6) is 0 Å². The Morgan fingerprint density at radius 2 is 1.81 bits per heavy atom. The van der Waals surface area contributed by atoms with Crippen LogP contribution in [0.4, 0.5) is 5.82 Å². The van der Waals surface area contributed by atoms with Gasteiger partial charge in [0.05, 0.1) is 11.4 Å². The zero-order valence-corrected chi connectivity index (χ0v) is 18.6. The van der Waals surface area contributed by atoms with Gasteiger partial charge in [0.1, 0.15) is 5.82 Å². The molecule has 6 nitrogen and oxygen atoms in total. The second-order valence-electron chi connectivity index (χ2n) is 7.05. The van der Waals surface area contributed by atoms with Crippen LogP contribution < -0.4 is 4.90 Å². The fraction of sp³-hybridized carbons (Fsp3) is 0.130. The Morgan fingerprint density at radius 3 is 2.48 bits per heavy atom. The standard InChI is InChI=1S/C23H20N2O4S2/c1-16-7-9-19(10-8-16)31(27,28)21-12-11-20(29-21)23(26)25(15-18-6-4-14-30-18)22-17(2)5-3-13-24-22/h3-14H,15H2,1-2H3. The highest BCUT2D eigenvalue weighted by atomic mass is 32.2. The van der Waals surface area contributed by atoms with Crippen molar-refractivity contribution in [3.8, 4) is 0 Å². The summed E-state index contributed by atoms with van der Waals surface area (Å²) in [6.45, 7) is 4.05. The minimum Gasteiger partial charge on any atom is -0.439 e. The Morgan fingerprint density at radius 1 is 1.03 bits per heavy atom. The highest BCUT2D eigenvalue weighted by molar-refractivity contribution is 7.91. The van der Waals surface area contributed by atoms with Crippen molar-refractivity contribution in [2.24, 2.45) is 0 Å². The number of aromatic nitrogens is 1. The summed E-state index contributed by atoms with van der Waals surface area (Å²) < 4.78 is 31.4. The molecule has 0 N–H and O–H groups in total. The van der Waals surface area contributed by atoms with Crippen molar-refractivity contribution in [2.45, 2.75) is 30.4 Å². The van der Waals surface area contributed by atoms with E-state index in [1.54, 1.807) is 24.4 Å². The van der Waals surface area contributed by atoms with E-state index < -0.39 is 15.7 Å². The van der Waals surface area contributed by atoms with Gasteiger partial charge in [-0.25, -0.2) is 13.4 Å². The molecule has 4 rings (SSSR count). The normalized spacial score (nSPS) is 11.4. The zero-order chi connectivity index (χ0) is 22.0. The third kappa shape index (κ3) is 4.30. The molecule has 0 aliphatic rings. The summed E-state index contributed by atoms with van der Waals surface area (Å²) in [7, 11) is -3.87. The smallest absolute Gasteiger partial charge is 0.295 e. The molecule has 3 heterocycles. The molecule has 0 saturated heterocycles. The SMILES string of the molecule is Cc1ccc(S(=O)(=O)c2ccc(C(=O)N(Cc3cccs3)c3ncccc3C)o2)cc1. The Hall–Kier alpha value is -3.23. The molecule has 0 radical (unpaired) electrons. The fourth-order valence-corrected chi connectivity index (χ4v) is 4.97. The first-order valence-electron chi connectivity index (χ1n) is 9.54. The molecule has 0 spiro atoms. The number of thiophene rings is 1. The van der Waals surface area contributed by atoms with Crippen LogP contribution in [0.2, 0.25) is 0 Å². The number of carbonyl (C=O) groups is 1. The van der Waals surface area contributed by atoms with Gasteiger partial charge in [-0.1, -0.05) is 29.8 Å². The number of hydrogen-bond donors (Lipinski definition) is 0. The van der Waals surface area contributed by atoms with Crippen LogP contribution in [0.25, 0.3) is 0 Å². The van der Waals surface area contributed by atoms with E-state index in [0.717, 1.165) is 16.0 Å². The molecule has 0 atom stereocenters. The van der Waals surface area contributed by atoms with Crippen molar-refractivity contribution in [3.05, 3.63) is 94.0 Å². The maximum absolute atomic E-state index is 13.3. The van der Waals surface area contributed by atoms with Crippen molar-refractivity contribution in [1.29, 1.82) is 0 Å². The van der Waals surface area contributed by atoms with E-state index in [1.165, 1.54) is 40.5 Å². The number of pyridine rings is 1. The van der Waals surface area contributed by atoms with Crippen LogP contribution in [-0.2, 0) is 16.4 Å². The van der Waals surface area contributed by atoms with Gasteiger partial charge in [-0.2, -0.15) is 0 Å². The summed E-state index contributed by atoms with van der Waals surface area (Å²) in [5.41, 5.74) is 1.77. The first kappa shape index (κ1) is 21.0. The van der Waals surface area contributed by atoms with E-state index in [0.29, 0.717) is 12.4 Å². The number of nitrogens with zero attached hydrogens (tertiary/aromatic N) is 2. The van der Waals surface area contributed by atoms with Crippen LogP contribution in [-0.4, -0.2) is 19.3 Å². The maximum Gasteiger partial charge on any atom is 0.295 e. The first-order valence-corrected chi connectivity index (χ1v) is 11.9. The number of hydrogen-bond acceptors (Lipinski definition) is 6. The molecule has 1 aromatic carbocycles. The van der Waals surface area contributed by atoms with Gasteiger partial charge in [0.15, 0.2) is 5.76 Å². The first-order chi connectivity index (χ1) is 14.9. The second kappa shape index (κ2) is 8.49. The summed E-state index contributed by atoms with van der Waals surface area (Å²) in [6, 6.07) is 16.7. The summed E-state index contributed by atoms with van der Waals surface area (Å²) in [5, 5.41) is 1.66. The molecule has 0 aliphatic carbocycles. The molecule has 1 amide bonds. The average Bonchev–Trinajstić information content (AvgIpc) is 3.45. The van der Waals surface area contributed by atoms with Crippen molar-refractivity contribution in [3.63, 3.8) is 0 Å². The van der Waals surface area contributed by atoms with E-state index in [-0.39, 0.29) is 15.7 Å². The Balaban J connectivity index is 1.69. The summed E-state index contributed by atoms with van der Waals surface area (Å²) in [4.78, 5) is 20.3. The number of amides is 1. The van der Waals surface area contributed by atoms with Crippen LogP contribution in [0.15, 0.2) is 86.6 Å². The minimum absolute atomic E-state index is 0.0627. The summed E-state index contributed by atoms with van der Waals surface area (Å²) in [5.74, 6) is -0.0203. The van der Waals surface area contributed by atoms with Crippen molar-refractivity contribution in [1.82, 2.24) is 4.98 Å². The molecule has 0 aliphatic heterocycles. The lowest BCUT2D eigenvalue weighted by Gasteiger charge is -2.21. The molecule has 31 heavy (non-hydrogen) atoms. The van der Waals surface area contributed by atoms with Gasteiger partial charge < -0.3 is 4.42 Å². The lowest BCUT2D eigenvalue weighted by atomic mass is 10.2. The number of furan rings is 1. The number of benzene rings is 1. The molecular weight excluding hydrogens is 432 g/mol. The molecular formula is C23H20N2O4S2. The quantitative estimate of drug-likeness (QED) is 0.410.